The monoisotopic (exact) mass is 345 g/mol. The molecule has 0 saturated carbocycles. The summed E-state index contributed by atoms with van der Waals surface area (Å²) in [5.41, 5.74) is 1.43. The summed E-state index contributed by atoms with van der Waals surface area (Å²) in [6.45, 7) is 1.70. The molecule has 0 radical (unpaired) electrons. The van der Waals surface area contributed by atoms with Gasteiger partial charge in [-0.2, -0.15) is 0 Å². The second kappa shape index (κ2) is 5.86. The maximum atomic E-state index is 13.4. The molecule has 0 atom stereocenters. The number of aryl methyl sites for hydroxylation is 1. The molecule has 0 unspecified atom stereocenters. The number of aliphatic hydroxyl groups is 1. The van der Waals surface area contributed by atoms with Gasteiger partial charge in [-0.1, -0.05) is 11.6 Å². The topological polar surface area (TPSA) is 42.4 Å². The fraction of sp³-hybridized carbons (Fsp3) is 0.154. The molecule has 3 nitrogen and oxygen atoms in total. The highest BCUT2D eigenvalue weighted by atomic mass is 79.9. The van der Waals surface area contributed by atoms with Crippen molar-refractivity contribution >= 4 is 27.5 Å². The molecule has 1 heterocycles. The van der Waals surface area contributed by atoms with Gasteiger partial charge in [-0.25, -0.2) is 9.37 Å². The van der Waals surface area contributed by atoms with E-state index in [4.69, 9.17) is 21.4 Å². The highest BCUT2D eigenvalue weighted by molar-refractivity contribution is 9.10. The highest BCUT2D eigenvalue weighted by Crippen LogP contribution is 2.34. The van der Waals surface area contributed by atoms with Crippen LogP contribution < -0.4 is 4.74 Å². The molecule has 2 rings (SSSR count). The normalized spacial score (nSPS) is 10.6. The molecule has 1 N–H and O–H groups in total. The zero-order valence-corrected chi connectivity index (χ0v) is 12.3. The average molecular weight is 347 g/mol. The molecule has 0 aliphatic rings. The standard InChI is InChI=1S/C13H10BrClFNO2/c1-7-2-8(6-18)5-17-13(7)19-12-4-11(16)10(15)3-9(12)14/h2-5,18H,6H2,1H3. The fourth-order valence-corrected chi connectivity index (χ4v) is 2.22. The maximum absolute atomic E-state index is 13.4. The molecule has 0 fully saturated rings. The lowest BCUT2D eigenvalue weighted by molar-refractivity contribution is 0.281. The molecule has 0 aliphatic carbocycles. The second-order valence-electron chi connectivity index (χ2n) is 3.92. The minimum Gasteiger partial charge on any atom is -0.437 e. The maximum Gasteiger partial charge on any atom is 0.222 e. The van der Waals surface area contributed by atoms with E-state index in [9.17, 15) is 4.39 Å². The van der Waals surface area contributed by atoms with Gasteiger partial charge in [0.1, 0.15) is 11.6 Å². The Morgan fingerprint density at radius 1 is 1.42 bits per heavy atom. The molecule has 0 aliphatic heterocycles. The highest BCUT2D eigenvalue weighted by Gasteiger charge is 2.11. The van der Waals surface area contributed by atoms with Crippen LogP contribution in [-0.4, -0.2) is 10.1 Å². The molecule has 2 aromatic rings. The van der Waals surface area contributed by atoms with Crippen molar-refractivity contribution in [1.82, 2.24) is 4.98 Å². The molecular formula is C13H10BrClFNO2. The number of ether oxygens (including phenoxy) is 1. The molecule has 100 valence electrons. The van der Waals surface area contributed by atoms with Gasteiger partial charge >= 0.3 is 0 Å². The van der Waals surface area contributed by atoms with Crippen molar-refractivity contribution in [3.8, 4) is 11.6 Å². The van der Waals surface area contributed by atoms with Crippen molar-refractivity contribution in [2.75, 3.05) is 0 Å². The Bertz CT molecular complexity index is 622. The Balaban J connectivity index is 2.33. The zero-order valence-electron chi connectivity index (χ0n) is 9.95. The number of pyridine rings is 1. The van der Waals surface area contributed by atoms with Gasteiger partial charge in [0, 0.05) is 17.8 Å². The molecule has 6 heteroatoms. The minimum absolute atomic E-state index is 0.0135. The first kappa shape index (κ1) is 14.2. The minimum atomic E-state index is -0.565. The molecule has 19 heavy (non-hydrogen) atoms. The van der Waals surface area contributed by atoms with Gasteiger partial charge in [-0.05, 0) is 40.5 Å². The fourth-order valence-electron chi connectivity index (χ4n) is 1.50. The van der Waals surface area contributed by atoms with Gasteiger partial charge < -0.3 is 9.84 Å². The number of nitrogens with zero attached hydrogens (tertiary/aromatic N) is 1. The molecule has 0 amide bonds. The van der Waals surface area contributed by atoms with Crippen LogP contribution in [0.2, 0.25) is 5.02 Å². The summed E-state index contributed by atoms with van der Waals surface area (Å²) in [6, 6.07) is 4.36. The Kier molecular flexibility index (Phi) is 4.39. The Morgan fingerprint density at radius 2 is 2.16 bits per heavy atom. The first-order valence-electron chi connectivity index (χ1n) is 5.40. The number of aliphatic hydroxyl groups excluding tert-OH is 1. The van der Waals surface area contributed by atoms with E-state index in [1.165, 1.54) is 18.3 Å². The van der Waals surface area contributed by atoms with Gasteiger partial charge in [0.25, 0.3) is 0 Å². The van der Waals surface area contributed by atoms with Gasteiger partial charge in [0.15, 0.2) is 0 Å². The first-order chi connectivity index (χ1) is 9.01. The van der Waals surface area contributed by atoms with Crippen molar-refractivity contribution < 1.29 is 14.2 Å². The van der Waals surface area contributed by atoms with Crippen LogP contribution in [0.5, 0.6) is 11.6 Å². The second-order valence-corrected chi connectivity index (χ2v) is 5.18. The summed E-state index contributed by atoms with van der Waals surface area (Å²) in [5, 5.41) is 9.01. The van der Waals surface area contributed by atoms with E-state index in [-0.39, 0.29) is 17.4 Å². The van der Waals surface area contributed by atoms with Gasteiger partial charge in [-0.3, -0.25) is 0 Å². The molecular weight excluding hydrogens is 337 g/mol. The third-order valence-electron chi connectivity index (χ3n) is 2.45. The van der Waals surface area contributed by atoms with E-state index in [2.05, 4.69) is 20.9 Å². The molecule has 0 bridgehead atoms. The molecule has 1 aromatic carbocycles. The number of halogens is 3. The van der Waals surface area contributed by atoms with Crippen LogP contribution in [-0.2, 0) is 6.61 Å². The summed E-state index contributed by atoms with van der Waals surface area (Å²) >= 11 is 8.90. The van der Waals surface area contributed by atoms with Crippen LogP contribution >= 0.6 is 27.5 Å². The van der Waals surface area contributed by atoms with E-state index in [0.29, 0.717) is 15.9 Å². The van der Waals surface area contributed by atoms with Crippen LogP contribution in [0.15, 0.2) is 28.9 Å². The number of benzene rings is 1. The van der Waals surface area contributed by atoms with Gasteiger partial charge in [-0.15, -0.1) is 0 Å². The number of aromatic nitrogens is 1. The molecule has 0 saturated heterocycles. The third-order valence-corrected chi connectivity index (χ3v) is 3.36. The van der Waals surface area contributed by atoms with Crippen molar-refractivity contribution in [3.05, 3.63) is 50.8 Å². The van der Waals surface area contributed by atoms with Crippen molar-refractivity contribution in [2.24, 2.45) is 0 Å². The Labute approximate surface area is 123 Å². The van der Waals surface area contributed by atoms with Crippen LogP contribution in [0.4, 0.5) is 4.39 Å². The average Bonchev–Trinajstić information content (AvgIpc) is 2.38. The van der Waals surface area contributed by atoms with Crippen LogP contribution in [0.3, 0.4) is 0 Å². The number of hydrogen-bond donors (Lipinski definition) is 1. The van der Waals surface area contributed by atoms with Crippen LogP contribution in [0.1, 0.15) is 11.1 Å². The van der Waals surface area contributed by atoms with Crippen molar-refractivity contribution in [1.29, 1.82) is 0 Å². The SMILES string of the molecule is Cc1cc(CO)cnc1Oc1cc(F)c(Cl)cc1Br. The van der Waals surface area contributed by atoms with Gasteiger partial charge in [0.2, 0.25) is 5.88 Å². The van der Waals surface area contributed by atoms with E-state index in [1.807, 2.05) is 0 Å². The van der Waals surface area contributed by atoms with E-state index >= 15 is 0 Å². The van der Waals surface area contributed by atoms with E-state index < -0.39 is 5.82 Å². The van der Waals surface area contributed by atoms with Crippen molar-refractivity contribution in [3.63, 3.8) is 0 Å². The van der Waals surface area contributed by atoms with Crippen molar-refractivity contribution in [2.45, 2.75) is 13.5 Å². The van der Waals surface area contributed by atoms with Crippen LogP contribution in [0.25, 0.3) is 0 Å². The first-order valence-corrected chi connectivity index (χ1v) is 6.57. The third kappa shape index (κ3) is 3.23. The van der Waals surface area contributed by atoms with E-state index in [0.717, 1.165) is 5.56 Å². The summed E-state index contributed by atoms with van der Waals surface area (Å²) in [5.74, 6) is 0.0679. The number of hydrogen-bond acceptors (Lipinski definition) is 3. The van der Waals surface area contributed by atoms with E-state index in [1.54, 1.807) is 13.0 Å². The summed E-state index contributed by atoms with van der Waals surface area (Å²) < 4.78 is 19.5. The quantitative estimate of drug-likeness (QED) is 0.846. The lowest BCUT2D eigenvalue weighted by Gasteiger charge is -2.10. The number of rotatable bonds is 3. The molecule has 0 spiro atoms. The van der Waals surface area contributed by atoms with Crippen LogP contribution in [0, 0.1) is 12.7 Å². The van der Waals surface area contributed by atoms with Gasteiger partial charge in [0.05, 0.1) is 16.1 Å². The summed E-state index contributed by atoms with van der Waals surface area (Å²) in [6.07, 6.45) is 1.50. The summed E-state index contributed by atoms with van der Waals surface area (Å²) in [4.78, 5) is 4.08. The molecule has 1 aromatic heterocycles. The smallest absolute Gasteiger partial charge is 0.222 e. The summed E-state index contributed by atoms with van der Waals surface area (Å²) in [7, 11) is 0. The zero-order chi connectivity index (χ0) is 14.0. The predicted octanol–water partition coefficient (Wildman–Crippen LogP) is 4.23. The lowest BCUT2D eigenvalue weighted by atomic mass is 10.2. The Morgan fingerprint density at radius 3 is 2.79 bits per heavy atom. The largest absolute Gasteiger partial charge is 0.437 e. The lowest BCUT2D eigenvalue weighted by Crippen LogP contribution is -1.95. The Hall–Kier alpha value is -1.17. The predicted molar refractivity (Wildman–Crippen MR) is 74.1 cm³/mol.